The lowest BCUT2D eigenvalue weighted by Crippen LogP contribution is -2.37. The van der Waals surface area contributed by atoms with Crippen LogP contribution in [0.15, 0.2) is 12.4 Å². The molecule has 2 N–H and O–H groups in total. The molecule has 2 rings (SSSR count). The number of carbonyl (C=O) groups excluding carboxylic acids is 1. The van der Waals surface area contributed by atoms with Crippen LogP contribution in [0.5, 0.6) is 0 Å². The van der Waals surface area contributed by atoms with Gasteiger partial charge >= 0.3 is 0 Å². The third-order valence-electron chi connectivity index (χ3n) is 2.91. The third-order valence-corrected chi connectivity index (χ3v) is 4.00. The van der Waals surface area contributed by atoms with Gasteiger partial charge in [-0.3, -0.25) is 4.79 Å². The number of fused-ring (bicyclic) bond motifs is 1. The summed E-state index contributed by atoms with van der Waals surface area (Å²) in [6.45, 7) is 4.21. The summed E-state index contributed by atoms with van der Waals surface area (Å²) in [7, 11) is 0. The van der Waals surface area contributed by atoms with Crippen LogP contribution in [0.2, 0.25) is 0 Å². The Bertz CT molecular complexity index is 673. The van der Waals surface area contributed by atoms with E-state index in [0.717, 1.165) is 0 Å². The van der Waals surface area contributed by atoms with Crippen LogP contribution in [-0.4, -0.2) is 33.4 Å². The number of nitrogens with two attached hydrogens (primary N) is 1. The van der Waals surface area contributed by atoms with Crippen molar-refractivity contribution < 1.29 is 4.79 Å². The molecule has 0 unspecified atom stereocenters. The molecule has 0 spiro atoms. The highest BCUT2D eigenvalue weighted by Gasteiger charge is 2.24. The van der Waals surface area contributed by atoms with Crippen molar-refractivity contribution in [3.63, 3.8) is 0 Å². The Kier molecular flexibility index (Phi) is 4.15. The van der Waals surface area contributed by atoms with E-state index in [1.807, 2.05) is 13.8 Å². The molecule has 0 aromatic carbocycles. The summed E-state index contributed by atoms with van der Waals surface area (Å²) in [4.78, 5) is 23.6. The molecule has 0 aliphatic heterocycles. The van der Waals surface area contributed by atoms with Gasteiger partial charge in [-0.05, 0) is 13.8 Å². The molecule has 7 heteroatoms. The van der Waals surface area contributed by atoms with Gasteiger partial charge in [0.15, 0.2) is 0 Å². The zero-order chi connectivity index (χ0) is 14.7. The quantitative estimate of drug-likeness (QED) is 0.929. The molecular weight excluding hydrogens is 274 g/mol. The second kappa shape index (κ2) is 5.84. The number of thiophene rings is 1. The fourth-order valence-electron chi connectivity index (χ4n) is 1.90. The molecule has 0 bridgehead atoms. The summed E-state index contributed by atoms with van der Waals surface area (Å²) >= 11 is 1.24. The van der Waals surface area contributed by atoms with E-state index in [1.54, 1.807) is 17.3 Å². The first-order valence-electron chi connectivity index (χ1n) is 6.23. The van der Waals surface area contributed by atoms with Gasteiger partial charge in [-0.25, -0.2) is 9.97 Å². The number of carbonyl (C=O) groups is 1. The van der Waals surface area contributed by atoms with Crippen LogP contribution in [0.4, 0.5) is 5.69 Å². The molecule has 2 aromatic heterocycles. The zero-order valence-electron chi connectivity index (χ0n) is 11.3. The number of rotatable bonds is 4. The van der Waals surface area contributed by atoms with Gasteiger partial charge in [-0.2, -0.15) is 5.26 Å². The molecular formula is C13H15N5OS. The van der Waals surface area contributed by atoms with Gasteiger partial charge in [-0.1, -0.05) is 0 Å². The predicted octanol–water partition coefficient (Wildman–Crippen LogP) is 2.04. The van der Waals surface area contributed by atoms with Gasteiger partial charge in [0.1, 0.15) is 15.2 Å². The smallest absolute Gasteiger partial charge is 0.266 e. The van der Waals surface area contributed by atoms with E-state index in [-0.39, 0.29) is 11.9 Å². The lowest BCUT2D eigenvalue weighted by atomic mass is 10.2. The molecule has 2 aromatic rings. The maximum absolute atomic E-state index is 12.6. The minimum absolute atomic E-state index is 0.00128. The summed E-state index contributed by atoms with van der Waals surface area (Å²) < 4.78 is 0. The van der Waals surface area contributed by atoms with Crippen LogP contribution in [-0.2, 0) is 0 Å². The second-order valence-corrected chi connectivity index (χ2v) is 5.55. The summed E-state index contributed by atoms with van der Waals surface area (Å²) in [6.07, 6.45) is 3.42. The molecule has 0 aliphatic rings. The SMILES string of the molecule is CC(C)N(CCC#N)C(=O)c1sc2nccnc2c1N. The molecule has 0 radical (unpaired) electrons. The largest absolute Gasteiger partial charge is 0.396 e. The van der Waals surface area contributed by atoms with Crippen molar-refractivity contribution in [2.75, 3.05) is 12.3 Å². The van der Waals surface area contributed by atoms with Gasteiger partial charge < -0.3 is 10.6 Å². The van der Waals surface area contributed by atoms with Gasteiger partial charge in [0.05, 0.1) is 18.2 Å². The van der Waals surface area contributed by atoms with Crippen LogP contribution in [0.3, 0.4) is 0 Å². The van der Waals surface area contributed by atoms with E-state index >= 15 is 0 Å². The van der Waals surface area contributed by atoms with E-state index in [9.17, 15) is 4.79 Å². The van der Waals surface area contributed by atoms with Crippen LogP contribution >= 0.6 is 11.3 Å². The highest BCUT2D eigenvalue weighted by atomic mass is 32.1. The van der Waals surface area contributed by atoms with Crippen molar-refractivity contribution in [1.29, 1.82) is 5.26 Å². The van der Waals surface area contributed by atoms with Crippen molar-refractivity contribution >= 4 is 33.3 Å². The van der Waals surface area contributed by atoms with Crippen LogP contribution in [0.25, 0.3) is 10.3 Å². The van der Waals surface area contributed by atoms with Crippen molar-refractivity contribution in [3.8, 4) is 6.07 Å². The standard InChI is InChI=1S/C13H15N5OS/c1-8(2)18(7-3-4-14)13(19)11-9(15)10-12(20-11)17-6-5-16-10/h5-6,8H,3,7,15H2,1-2H3. The molecule has 2 heterocycles. The molecule has 0 saturated heterocycles. The van der Waals surface area contributed by atoms with Gasteiger partial charge in [0.25, 0.3) is 5.91 Å². The van der Waals surface area contributed by atoms with Gasteiger partial charge in [0.2, 0.25) is 0 Å². The maximum atomic E-state index is 12.6. The topological polar surface area (TPSA) is 95.9 Å². The second-order valence-electron chi connectivity index (χ2n) is 4.56. The summed E-state index contributed by atoms with van der Waals surface area (Å²) in [6, 6.07) is 2.06. The van der Waals surface area contributed by atoms with Crippen molar-refractivity contribution in [1.82, 2.24) is 14.9 Å². The Hall–Kier alpha value is -2.20. The fraction of sp³-hybridized carbons (Fsp3) is 0.385. The van der Waals surface area contributed by atoms with Crippen molar-refractivity contribution in [3.05, 3.63) is 17.3 Å². The fourth-order valence-corrected chi connectivity index (χ4v) is 2.88. The maximum Gasteiger partial charge on any atom is 0.266 e. The normalized spacial score (nSPS) is 10.7. The summed E-state index contributed by atoms with van der Waals surface area (Å²) in [5, 5.41) is 8.69. The Morgan fingerprint density at radius 1 is 1.50 bits per heavy atom. The molecule has 0 saturated carbocycles. The van der Waals surface area contributed by atoms with Crippen molar-refractivity contribution in [2.24, 2.45) is 0 Å². The van der Waals surface area contributed by atoms with E-state index in [2.05, 4.69) is 16.0 Å². The van der Waals surface area contributed by atoms with E-state index < -0.39 is 0 Å². The van der Waals surface area contributed by atoms with Gasteiger partial charge in [-0.15, -0.1) is 11.3 Å². The molecule has 0 atom stereocenters. The number of nitrogen functional groups attached to an aromatic ring is 1. The van der Waals surface area contributed by atoms with Crippen molar-refractivity contribution in [2.45, 2.75) is 26.3 Å². The molecule has 0 fully saturated rings. The van der Waals surface area contributed by atoms with Crippen LogP contribution in [0, 0.1) is 11.3 Å². The number of hydrogen-bond donors (Lipinski definition) is 1. The minimum Gasteiger partial charge on any atom is -0.396 e. The molecule has 0 aliphatic carbocycles. The predicted molar refractivity (Wildman–Crippen MR) is 78.2 cm³/mol. The number of amides is 1. The highest BCUT2D eigenvalue weighted by Crippen LogP contribution is 2.31. The first-order valence-corrected chi connectivity index (χ1v) is 7.04. The van der Waals surface area contributed by atoms with E-state index in [4.69, 9.17) is 11.0 Å². The average Bonchev–Trinajstić information content (AvgIpc) is 2.76. The number of nitriles is 1. The molecule has 6 nitrogen and oxygen atoms in total. The van der Waals surface area contributed by atoms with E-state index in [1.165, 1.54) is 11.3 Å². The lowest BCUT2D eigenvalue weighted by Gasteiger charge is -2.25. The van der Waals surface area contributed by atoms with Crippen LogP contribution < -0.4 is 5.73 Å². The third kappa shape index (κ3) is 2.56. The Balaban J connectivity index is 2.39. The number of aromatic nitrogens is 2. The first kappa shape index (κ1) is 14.2. The number of hydrogen-bond acceptors (Lipinski definition) is 6. The lowest BCUT2D eigenvalue weighted by molar-refractivity contribution is 0.0716. The zero-order valence-corrected chi connectivity index (χ0v) is 12.1. The number of anilines is 1. The Labute approximate surface area is 120 Å². The van der Waals surface area contributed by atoms with E-state index in [0.29, 0.717) is 33.9 Å². The summed E-state index contributed by atoms with van der Waals surface area (Å²) in [5.74, 6) is -0.169. The minimum atomic E-state index is -0.169. The Morgan fingerprint density at radius 3 is 2.80 bits per heavy atom. The summed E-state index contributed by atoms with van der Waals surface area (Å²) in [5.41, 5.74) is 6.93. The molecule has 20 heavy (non-hydrogen) atoms. The first-order chi connectivity index (χ1) is 9.56. The number of nitrogens with zero attached hydrogens (tertiary/aromatic N) is 4. The van der Waals surface area contributed by atoms with Crippen LogP contribution in [0.1, 0.15) is 29.9 Å². The highest BCUT2D eigenvalue weighted by molar-refractivity contribution is 7.21. The molecule has 104 valence electrons. The Morgan fingerprint density at radius 2 is 2.20 bits per heavy atom. The van der Waals surface area contributed by atoms with Gasteiger partial charge in [0, 0.05) is 25.0 Å². The molecule has 1 amide bonds. The average molecular weight is 289 g/mol. The monoisotopic (exact) mass is 289 g/mol.